The van der Waals surface area contributed by atoms with E-state index in [4.69, 9.17) is 11.6 Å². The zero-order chi connectivity index (χ0) is 17.5. The van der Waals surface area contributed by atoms with E-state index in [0.29, 0.717) is 21.6 Å². The standard InChI is InChI=1S/C18H16ClNO3S/c1-12-7-9-14(10-8-12)24(22,23)20-16-6-4-3-5-15(16)18(19)17(20)11-13(2)21/h3-10H,11H2,1-2H3. The summed E-state index contributed by atoms with van der Waals surface area (Å²) in [7, 11) is -3.86. The fraction of sp³-hybridized carbons (Fsp3) is 0.167. The Morgan fingerprint density at radius 3 is 2.33 bits per heavy atom. The maximum absolute atomic E-state index is 13.2. The van der Waals surface area contributed by atoms with Gasteiger partial charge in [0.15, 0.2) is 0 Å². The van der Waals surface area contributed by atoms with Gasteiger partial charge in [0.25, 0.3) is 10.0 Å². The molecule has 0 atom stereocenters. The van der Waals surface area contributed by atoms with Crippen LogP contribution in [-0.2, 0) is 21.2 Å². The monoisotopic (exact) mass is 361 g/mol. The third-order valence-electron chi connectivity index (χ3n) is 3.83. The van der Waals surface area contributed by atoms with Crippen molar-refractivity contribution < 1.29 is 13.2 Å². The largest absolute Gasteiger partial charge is 0.300 e. The van der Waals surface area contributed by atoms with E-state index in [-0.39, 0.29) is 17.1 Å². The molecule has 3 rings (SSSR count). The molecule has 0 fully saturated rings. The molecule has 0 amide bonds. The Hall–Kier alpha value is -2.11. The summed E-state index contributed by atoms with van der Waals surface area (Å²) in [5.41, 5.74) is 1.73. The van der Waals surface area contributed by atoms with Crippen molar-refractivity contribution in [2.24, 2.45) is 0 Å². The number of rotatable bonds is 4. The highest BCUT2D eigenvalue weighted by Crippen LogP contribution is 2.34. The quantitative estimate of drug-likeness (QED) is 0.706. The number of ketones is 1. The zero-order valence-electron chi connectivity index (χ0n) is 13.3. The van der Waals surface area contributed by atoms with Crippen LogP contribution in [0.2, 0.25) is 5.02 Å². The lowest BCUT2D eigenvalue weighted by Gasteiger charge is -2.12. The molecule has 0 saturated heterocycles. The molecule has 1 aromatic heterocycles. The van der Waals surface area contributed by atoms with Gasteiger partial charge < -0.3 is 0 Å². The second-order valence-electron chi connectivity index (χ2n) is 5.74. The highest BCUT2D eigenvalue weighted by atomic mass is 35.5. The van der Waals surface area contributed by atoms with E-state index >= 15 is 0 Å². The molecule has 0 unspecified atom stereocenters. The highest BCUT2D eigenvalue weighted by Gasteiger charge is 2.26. The smallest absolute Gasteiger partial charge is 0.268 e. The van der Waals surface area contributed by atoms with Gasteiger partial charge in [-0.15, -0.1) is 0 Å². The number of hydrogen-bond acceptors (Lipinski definition) is 3. The first-order valence-electron chi connectivity index (χ1n) is 7.42. The topological polar surface area (TPSA) is 56.1 Å². The normalized spacial score (nSPS) is 11.8. The molecular weight excluding hydrogens is 346 g/mol. The summed E-state index contributed by atoms with van der Waals surface area (Å²) in [5.74, 6) is -0.153. The molecule has 0 radical (unpaired) electrons. The number of aromatic nitrogens is 1. The molecule has 0 bridgehead atoms. The number of para-hydroxylation sites is 1. The average Bonchev–Trinajstić information content (AvgIpc) is 2.81. The van der Waals surface area contributed by atoms with Crippen molar-refractivity contribution in [1.29, 1.82) is 0 Å². The van der Waals surface area contributed by atoms with Crippen LogP contribution in [0.5, 0.6) is 0 Å². The van der Waals surface area contributed by atoms with Crippen LogP contribution in [0.15, 0.2) is 53.4 Å². The molecular formula is C18H16ClNO3S. The van der Waals surface area contributed by atoms with Crippen molar-refractivity contribution in [1.82, 2.24) is 3.97 Å². The molecule has 124 valence electrons. The molecule has 4 nitrogen and oxygen atoms in total. The van der Waals surface area contributed by atoms with Crippen molar-refractivity contribution in [3.05, 3.63) is 64.8 Å². The van der Waals surface area contributed by atoms with Crippen molar-refractivity contribution in [2.75, 3.05) is 0 Å². The van der Waals surface area contributed by atoms with Crippen LogP contribution < -0.4 is 0 Å². The third-order valence-corrected chi connectivity index (χ3v) is 6.02. The minimum Gasteiger partial charge on any atom is -0.300 e. The van der Waals surface area contributed by atoms with Gasteiger partial charge in [0.2, 0.25) is 0 Å². The van der Waals surface area contributed by atoms with Gasteiger partial charge in [-0.2, -0.15) is 0 Å². The second-order valence-corrected chi connectivity index (χ2v) is 7.90. The second kappa shape index (κ2) is 6.07. The summed E-state index contributed by atoms with van der Waals surface area (Å²) in [6, 6.07) is 13.6. The molecule has 0 N–H and O–H groups in total. The average molecular weight is 362 g/mol. The SMILES string of the molecule is CC(=O)Cc1c(Cl)c2ccccc2n1S(=O)(=O)c1ccc(C)cc1. The van der Waals surface area contributed by atoms with Crippen LogP contribution in [0.4, 0.5) is 0 Å². The maximum atomic E-state index is 13.2. The zero-order valence-corrected chi connectivity index (χ0v) is 14.9. The summed E-state index contributed by atoms with van der Waals surface area (Å²) >= 11 is 6.39. The van der Waals surface area contributed by atoms with Gasteiger partial charge in [-0.05, 0) is 32.0 Å². The van der Waals surface area contributed by atoms with E-state index in [2.05, 4.69) is 0 Å². The molecule has 24 heavy (non-hydrogen) atoms. The van der Waals surface area contributed by atoms with E-state index in [9.17, 15) is 13.2 Å². The third kappa shape index (κ3) is 2.74. The van der Waals surface area contributed by atoms with Crippen molar-refractivity contribution in [3.8, 4) is 0 Å². The fourth-order valence-corrected chi connectivity index (χ4v) is 4.62. The molecule has 0 spiro atoms. The highest BCUT2D eigenvalue weighted by molar-refractivity contribution is 7.90. The molecule has 0 aliphatic rings. The van der Waals surface area contributed by atoms with Crippen LogP contribution in [0.3, 0.4) is 0 Å². The predicted octanol–water partition coefficient (Wildman–Crippen LogP) is 3.97. The van der Waals surface area contributed by atoms with E-state index in [1.54, 1.807) is 48.5 Å². The van der Waals surface area contributed by atoms with Crippen LogP contribution in [-0.4, -0.2) is 18.2 Å². The Labute approximate surface area is 145 Å². The number of carbonyl (C=O) groups is 1. The lowest BCUT2D eigenvalue weighted by atomic mass is 10.2. The minimum atomic E-state index is -3.86. The van der Waals surface area contributed by atoms with E-state index in [0.717, 1.165) is 5.56 Å². The Morgan fingerprint density at radius 1 is 1.08 bits per heavy atom. The first-order valence-corrected chi connectivity index (χ1v) is 9.23. The van der Waals surface area contributed by atoms with Crippen molar-refractivity contribution >= 4 is 38.3 Å². The van der Waals surface area contributed by atoms with Gasteiger partial charge >= 0.3 is 0 Å². The van der Waals surface area contributed by atoms with Gasteiger partial charge in [-0.25, -0.2) is 12.4 Å². The number of halogens is 1. The van der Waals surface area contributed by atoms with E-state index < -0.39 is 10.0 Å². The molecule has 2 aromatic carbocycles. The number of benzene rings is 2. The summed E-state index contributed by atoms with van der Waals surface area (Å²) < 4.78 is 27.5. The lowest BCUT2D eigenvalue weighted by molar-refractivity contribution is -0.116. The van der Waals surface area contributed by atoms with Gasteiger partial charge in [0.1, 0.15) is 5.78 Å². The minimum absolute atomic E-state index is 0.0431. The Kier molecular flexibility index (Phi) is 4.24. The van der Waals surface area contributed by atoms with Gasteiger partial charge in [-0.3, -0.25) is 4.79 Å². The number of Topliss-reactive ketones (excluding diaryl/α,β-unsaturated/α-hetero) is 1. The van der Waals surface area contributed by atoms with Crippen LogP contribution in [0.25, 0.3) is 10.9 Å². The van der Waals surface area contributed by atoms with E-state index in [1.165, 1.54) is 10.9 Å². The molecule has 0 aliphatic heterocycles. The Balaban J connectivity index is 2.35. The number of aryl methyl sites for hydroxylation is 1. The molecule has 1 heterocycles. The predicted molar refractivity (Wildman–Crippen MR) is 95.1 cm³/mol. The lowest BCUT2D eigenvalue weighted by Crippen LogP contribution is -2.17. The maximum Gasteiger partial charge on any atom is 0.268 e. The summed E-state index contributed by atoms with van der Waals surface area (Å²) in [6.45, 7) is 3.30. The van der Waals surface area contributed by atoms with Crippen LogP contribution in [0, 0.1) is 6.92 Å². The summed E-state index contributed by atoms with van der Waals surface area (Å²) in [6.07, 6.45) is -0.0431. The van der Waals surface area contributed by atoms with E-state index in [1.807, 2.05) is 6.92 Å². The summed E-state index contributed by atoms with van der Waals surface area (Å²) in [4.78, 5) is 11.8. The van der Waals surface area contributed by atoms with Gasteiger partial charge in [0.05, 0.1) is 21.1 Å². The molecule has 3 aromatic rings. The fourth-order valence-electron chi connectivity index (χ4n) is 2.70. The Morgan fingerprint density at radius 2 is 1.71 bits per heavy atom. The van der Waals surface area contributed by atoms with Gasteiger partial charge in [-0.1, -0.05) is 47.5 Å². The van der Waals surface area contributed by atoms with Crippen molar-refractivity contribution in [3.63, 3.8) is 0 Å². The number of hydrogen-bond donors (Lipinski definition) is 0. The number of fused-ring (bicyclic) bond motifs is 1. The summed E-state index contributed by atoms with van der Waals surface area (Å²) in [5, 5.41) is 0.919. The van der Waals surface area contributed by atoms with Crippen LogP contribution >= 0.6 is 11.6 Å². The van der Waals surface area contributed by atoms with Crippen molar-refractivity contribution in [2.45, 2.75) is 25.2 Å². The molecule has 0 saturated carbocycles. The molecule has 0 aliphatic carbocycles. The molecule has 6 heteroatoms. The number of carbonyl (C=O) groups excluding carboxylic acids is 1. The first-order chi connectivity index (χ1) is 11.3. The van der Waals surface area contributed by atoms with Gasteiger partial charge in [0, 0.05) is 11.8 Å². The van der Waals surface area contributed by atoms with Crippen LogP contribution in [0.1, 0.15) is 18.2 Å². The Bertz CT molecular complexity index is 1030. The first kappa shape index (κ1) is 16.7. The number of nitrogens with zero attached hydrogens (tertiary/aromatic N) is 1.